The molecule has 0 radical (unpaired) electrons. The van der Waals surface area contributed by atoms with Gasteiger partial charge in [-0.1, -0.05) is 24.6 Å². The molecule has 18 heavy (non-hydrogen) atoms. The molecule has 1 amide bonds. The number of guanidine groups is 1. The van der Waals surface area contributed by atoms with E-state index in [9.17, 15) is 4.79 Å². The molecule has 0 bridgehead atoms. The number of nitrogens with zero attached hydrogens (tertiary/aromatic N) is 1. The number of hydrogen-bond donors (Lipinski definition) is 2. The van der Waals surface area contributed by atoms with Crippen LogP contribution in [0.4, 0.5) is 0 Å². The van der Waals surface area contributed by atoms with Crippen molar-refractivity contribution in [2.75, 3.05) is 6.54 Å². The van der Waals surface area contributed by atoms with Crippen LogP contribution in [0.3, 0.4) is 0 Å². The number of benzene rings is 1. The molecule has 2 N–H and O–H groups in total. The normalized spacial score (nSPS) is 20.9. The van der Waals surface area contributed by atoms with Crippen LogP contribution < -0.4 is 10.6 Å². The van der Waals surface area contributed by atoms with E-state index >= 15 is 0 Å². The molecule has 1 atom stereocenters. The van der Waals surface area contributed by atoms with Gasteiger partial charge in [0, 0.05) is 11.6 Å². The van der Waals surface area contributed by atoms with Crippen LogP contribution in [0.5, 0.6) is 0 Å². The van der Waals surface area contributed by atoms with Gasteiger partial charge in [0.05, 0.1) is 0 Å². The van der Waals surface area contributed by atoms with Crippen molar-refractivity contribution in [1.29, 1.82) is 0 Å². The summed E-state index contributed by atoms with van der Waals surface area (Å²) in [7, 11) is 0. The zero-order chi connectivity index (χ0) is 13.1. The van der Waals surface area contributed by atoms with Crippen molar-refractivity contribution in [3.8, 4) is 0 Å². The van der Waals surface area contributed by atoms with Crippen LogP contribution in [0.1, 0.15) is 30.5 Å². The average Bonchev–Trinajstić information content (AvgIpc) is 2.68. The summed E-state index contributed by atoms with van der Waals surface area (Å²) in [6, 6.07) is 5.14. The minimum atomic E-state index is -0.377. The van der Waals surface area contributed by atoms with Crippen LogP contribution in [0.15, 0.2) is 23.2 Å². The SMILES string of the molecule is CCCN=C1NC(=O)C(c2ccc(Cl)cc2C)N1. The number of aryl methyl sites for hydroxylation is 1. The second-order valence-corrected chi connectivity index (χ2v) is 4.73. The number of hydrogen-bond acceptors (Lipinski definition) is 2. The fourth-order valence-corrected chi connectivity index (χ4v) is 2.14. The minimum absolute atomic E-state index is 0.0738. The number of halogens is 1. The van der Waals surface area contributed by atoms with Gasteiger partial charge in [-0.2, -0.15) is 0 Å². The molecule has 1 aliphatic heterocycles. The smallest absolute Gasteiger partial charge is 0.253 e. The van der Waals surface area contributed by atoms with E-state index in [0.717, 1.165) is 17.5 Å². The van der Waals surface area contributed by atoms with Gasteiger partial charge in [-0.25, -0.2) is 0 Å². The van der Waals surface area contributed by atoms with E-state index in [1.165, 1.54) is 0 Å². The largest absolute Gasteiger partial charge is 0.340 e. The van der Waals surface area contributed by atoms with Crippen molar-refractivity contribution in [2.24, 2.45) is 4.99 Å². The van der Waals surface area contributed by atoms with Gasteiger partial charge in [-0.15, -0.1) is 0 Å². The zero-order valence-corrected chi connectivity index (χ0v) is 11.2. The van der Waals surface area contributed by atoms with Gasteiger partial charge in [-0.05, 0) is 36.6 Å². The molecular weight excluding hydrogens is 250 g/mol. The lowest BCUT2D eigenvalue weighted by Crippen LogP contribution is -2.25. The molecule has 96 valence electrons. The highest BCUT2D eigenvalue weighted by atomic mass is 35.5. The van der Waals surface area contributed by atoms with Crippen LogP contribution in [0, 0.1) is 6.92 Å². The van der Waals surface area contributed by atoms with Crippen LogP contribution in [-0.2, 0) is 4.79 Å². The molecule has 1 fully saturated rings. The molecule has 0 saturated carbocycles. The molecule has 2 rings (SSSR count). The Morgan fingerprint density at radius 2 is 2.22 bits per heavy atom. The summed E-state index contributed by atoms with van der Waals surface area (Å²) in [6.45, 7) is 4.69. The highest BCUT2D eigenvalue weighted by Crippen LogP contribution is 2.23. The van der Waals surface area contributed by atoms with E-state index in [2.05, 4.69) is 15.6 Å². The molecule has 1 aromatic rings. The van der Waals surface area contributed by atoms with Crippen molar-refractivity contribution in [3.63, 3.8) is 0 Å². The molecule has 1 aliphatic rings. The predicted octanol–water partition coefficient (Wildman–Crippen LogP) is 2.17. The van der Waals surface area contributed by atoms with Gasteiger partial charge in [0.15, 0.2) is 5.96 Å². The molecule has 0 spiro atoms. The first-order valence-corrected chi connectivity index (χ1v) is 6.37. The van der Waals surface area contributed by atoms with E-state index in [1.807, 2.05) is 26.0 Å². The minimum Gasteiger partial charge on any atom is -0.340 e. The molecule has 1 unspecified atom stereocenters. The lowest BCUT2D eigenvalue weighted by molar-refractivity contribution is -0.120. The fourth-order valence-electron chi connectivity index (χ4n) is 1.92. The Balaban J connectivity index is 2.21. The summed E-state index contributed by atoms with van der Waals surface area (Å²) in [5, 5.41) is 6.52. The highest BCUT2D eigenvalue weighted by molar-refractivity contribution is 6.30. The van der Waals surface area contributed by atoms with Crippen LogP contribution in [0.2, 0.25) is 5.02 Å². The van der Waals surface area contributed by atoms with Crippen molar-refractivity contribution < 1.29 is 4.79 Å². The third-order valence-electron chi connectivity index (χ3n) is 2.82. The average molecular weight is 266 g/mol. The van der Waals surface area contributed by atoms with Gasteiger partial charge in [0.2, 0.25) is 0 Å². The Morgan fingerprint density at radius 3 is 2.89 bits per heavy atom. The fraction of sp³-hybridized carbons (Fsp3) is 0.385. The Morgan fingerprint density at radius 1 is 1.44 bits per heavy atom. The lowest BCUT2D eigenvalue weighted by atomic mass is 10.0. The summed E-state index contributed by atoms with van der Waals surface area (Å²) in [5.74, 6) is 0.483. The second-order valence-electron chi connectivity index (χ2n) is 4.30. The van der Waals surface area contributed by atoms with E-state index < -0.39 is 0 Å². The summed E-state index contributed by atoms with van der Waals surface area (Å²) in [6.07, 6.45) is 0.950. The number of carbonyl (C=O) groups excluding carboxylic acids is 1. The van der Waals surface area contributed by atoms with Gasteiger partial charge < -0.3 is 5.32 Å². The third kappa shape index (κ3) is 2.64. The maximum absolute atomic E-state index is 11.9. The summed E-state index contributed by atoms with van der Waals surface area (Å²) >= 11 is 5.91. The first-order valence-electron chi connectivity index (χ1n) is 5.99. The van der Waals surface area contributed by atoms with Crippen molar-refractivity contribution in [1.82, 2.24) is 10.6 Å². The Bertz CT molecular complexity index is 499. The molecular formula is C13H16ClN3O. The van der Waals surface area contributed by atoms with Gasteiger partial charge in [-0.3, -0.25) is 15.1 Å². The summed E-state index contributed by atoms with van der Waals surface area (Å²) in [4.78, 5) is 16.2. The molecule has 1 aromatic carbocycles. The van der Waals surface area contributed by atoms with Crippen LogP contribution >= 0.6 is 11.6 Å². The highest BCUT2D eigenvalue weighted by Gasteiger charge is 2.30. The van der Waals surface area contributed by atoms with E-state index in [1.54, 1.807) is 6.07 Å². The first-order chi connectivity index (χ1) is 8.61. The lowest BCUT2D eigenvalue weighted by Gasteiger charge is -2.11. The van der Waals surface area contributed by atoms with Crippen LogP contribution in [-0.4, -0.2) is 18.4 Å². The number of rotatable bonds is 3. The maximum atomic E-state index is 11.9. The van der Waals surface area contributed by atoms with Crippen molar-refractivity contribution >= 4 is 23.5 Å². The number of carbonyl (C=O) groups is 1. The van der Waals surface area contributed by atoms with E-state index in [4.69, 9.17) is 11.6 Å². The van der Waals surface area contributed by atoms with Gasteiger partial charge in [0.25, 0.3) is 5.91 Å². The summed E-state index contributed by atoms with van der Waals surface area (Å²) < 4.78 is 0. The molecule has 5 heteroatoms. The third-order valence-corrected chi connectivity index (χ3v) is 3.06. The molecule has 1 heterocycles. The Labute approximate surface area is 111 Å². The quantitative estimate of drug-likeness (QED) is 0.880. The second kappa shape index (κ2) is 5.40. The molecule has 4 nitrogen and oxygen atoms in total. The number of amides is 1. The monoisotopic (exact) mass is 265 g/mol. The summed E-state index contributed by atoms with van der Waals surface area (Å²) in [5.41, 5.74) is 1.92. The molecule has 0 aromatic heterocycles. The van der Waals surface area contributed by atoms with Gasteiger partial charge in [0.1, 0.15) is 6.04 Å². The molecule has 1 saturated heterocycles. The number of aliphatic imine (C=N–C) groups is 1. The first kappa shape index (κ1) is 12.9. The zero-order valence-electron chi connectivity index (χ0n) is 10.5. The number of nitrogens with one attached hydrogen (secondary N) is 2. The van der Waals surface area contributed by atoms with E-state index in [0.29, 0.717) is 17.5 Å². The van der Waals surface area contributed by atoms with Crippen molar-refractivity contribution in [3.05, 3.63) is 34.3 Å². The topological polar surface area (TPSA) is 53.5 Å². The predicted molar refractivity (Wildman–Crippen MR) is 72.8 cm³/mol. The van der Waals surface area contributed by atoms with Gasteiger partial charge >= 0.3 is 0 Å². The Kier molecular flexibility index (Phi) is 3.87. The van der Waals surface area contributed by atoms with Crippen molar-refractivity contribution in [2.45, 2.75) is 26.3 Å². The maximum Gasteiger partial charge on any atom is 0.253 e. The van der Waals surface area contributed by atoms with E-state index in [-0.39, 0.29) is 11.9 Å². The van der Waals surface area contributed by atoms with Crippen LogP contribution in [0.25, 0.3) is 0 Å². The Hall–Kier alpha value is -1.55. The standard InChI is InChI=1S/C13H16ClN3O/c1-3-6-15-13-16-11(12(18)17-13)10-5-4-9(14)7-8(10)2/h4-5,7,11H,3,6H2,1-2H3,(H2,15,16,17,18). The molecule has 0 aliphatic carbocycles.